The van der Waals surface area contributed by atoms with Crippen molar-refractivity contribution in [2.45, 2.75) is 26.3 Å². The molecule has 1 aromatic heterocycles. The smallest absolute Gasteiger partial charge is 0.194 e. The molecule has 0 atom stereocenters. The Morgan fingerprint density at radius 2 is 2.31 bits per heavy atom. The van der Waals surface area contributed by atoms with Gasteiger partial charge in [-0.15, -0.1) is 0 Å². The van der Waals surface area contributed by atoms with Crippen molar-refractivity contribution < 1.29 is 4.74 Å². The highest BCUT2D eigenvalue weighted by molar-refractivity contribution is 5.79. The summed E-state index contributed by atoms with van der Waals surface area (Å²) in [5, 5.41) is 10.2. The molecule has 1 aliphatic rings. The second-order valence-corrected chi connectivity index (χ2v) is 6.64. The predicted molar refractivity (Wildman–Crippen MR) is 103 cm³/mol. The first-order valence-corrected chi connectivity index (χ1v) is 9.28. The van der Waals surface area contributed by atoms with Crippen LogP contribution in [0.3, 0.4) is 0 Å². The molecule has 0 spiro atoms. The van der Waals surface area contributed by atoms with Crippen LogP contribution in [0.2, 0.25) is 0 Å². The standard InChI is InChI=1S/C19H28N6O/c1-3-20-19(25(2)9-10-26-13-15-7-8-15)21-12-16-5-4-6-17(11-16)18-22-14-23-24-18/h4-6,11,14-15H,3,7-10,12-13H2,1-2H3,(H,20,21)(H,22,23,24). The van der Waals surface area contributed by atoms with Crippen molar-refractivity contribution in [3.8, 4) is 11.4 Å². The number of aliphatic imine (C=N–C) groups is 1. The number of guanidine groups is 1. The van der Waals surface area contributed by atoms with E-state index in [9.17, 15) is 0 Å². The number of hydrogen-bond acceptors (Lipinski definition) is 4. The number of nitrogens with one attached hydrogen (secondary N) is 2. The monoisotopic (exact) mass is 356 g/mol. The molecular formula is C19H28N6O. The summed E-state index contributed by atoms with van der Waals surface area (Å²) in [6, 6.07) is 8.20. The molecule has 1 aromatic carbocycles. The average molecular weight is 356 g/mol. The lowest BCUT2D eigenvalue weighted by molar-refractivity contribution is 0.115. The zero-order valence-electron chi connectivity index (χ0n) is 15.6. The Labute approximate surface area is 154 Å². The molecule has 0 bridgehead atoms. The van der Waals surface area contributed by atoms with E-state index in [2.05, 4.69) is 44.5 Å². The number of rotatable bonds is 9. The summed E-state index contributed by atoms with van der Waals surface area (Å²) >= 11 is 0. The van der Waals surface area contributed by atoms with Gasteiger partial charge in [0.25, 0.3) is 0 Å². The Morgan fingerprint density at radius 1 is 1.42 bits per heavy atom. The largest absolute Gasteiger partial charge is 0.379 e. The minimum atomic E-state index is 0.609. The molecule has 0 unspecified atom stereocenters. The molecule has 7 heteroatoms. The van der Waals surface area contributed by atoms with Gasteiger partial charge in [-0.25, -0.2) is 9.98 Å². The van der Waals surface area contributed by atoms with E-state index in [1.165, 1.54) is 19.2 Å². The summed E-state index contributed by atoms with van der Waals surface area (Å²) < 4.78 is 5.74. The van der Waals surface area contributed by atoms with Gasteiger partial charge in [0.2, 0.25) is 0 Å². The van der Waals surface area contributed by atoms with E-state index in [0.717, 1.165) is 55.1 Å². The Morgan fingerprint density at radius 3 is 3.04 bits per heavy atom. The molecule has 7 nitrogen and oxygen atoms in total. The third-order valence-corrected chi connectivity index (χ3v) is 4.34. The Bertz CT molecular complexity index is 696. The van der Waals surface area contributed by atoms with Gasteiger partial charge < -0.3 is 15.0 Å². The maximum Gasteiger partial charge on any atom is 0.194 e. The number of likely N-dealkylation sites (N-methyl/N-ethyl adjacent to an activating group) is 1. The number of aromatic amines is 1. The van der Waals surface area contributed by atoms with Crippen LogP contribution in [-0.2, 0) is 11.3 Å². The van der Waals surface area contributed by atoms with E-state index >= 15 is 0 Å². The van der Waals surface area contributed by atoms with Crippen LogP contribution in [0, 0.1) is 5.92 Å². The molecule has 2 aromatic rings. The summed E-state index contributed by atoms with van der Waals surface area (Å²) in [4.78, 5) is 11.1. The van der Waals surface area contributed by atoms with E-state index < -0.39 is 0 Å². The topological polar surface area (TPSA) is 78.4 Å². The van der Waals surface area contributed by atoms with Crippen LogP contribution >= 0.6 is 0 Å². The first kappa shape index (κ1) is 18.4. The van der Waals surface area contributed by atoms with Gasteiger partial charge in [-0.05, 0) is 37.3 Å². The number of hydrogen-bond donors (Lipinski definition) is 2. The number of ether oxygens (including phenoxy) is 1. The third kappa shape index (κ3) is 5.56. The number of benzene rings is 1. The van der Waals surface area contributed by atoms with Crippen LogP contribution < -0.4 is 5.32 Å². The average Bonchev–Trinajstić information content (AvgIpc) is 3.32. The van der Waals surface area contributed by atoms with Crippen molar-refractivity contribution in [3.05, 3.63) is 36.2 Å². The predicted octanol–water partition coefficient (Wildman–Crippen LogP) is 2.30. The van der Waals surface area contributed by atoms with Gasteiger partial charge in [0.15, 0.2) is 11.8 Å². The van der Waals surface area contributed by atoms with Crippen molar-refractivity contribution in [1.82, 2.24) is 25.4 Å². The van der Waals surface area contributed by atoms with E-state index in [1.807, 2.05) is 19.2 Å². The minimum absolute atomic E-state index is 0.609. The van der Waals surface area contributed by atoms with Gasteiger partial charge in [-0.1, -0.05) is 18.2 Å². The summed E-state index contributed by atoms with van der Waals surface area (Å²) in [6.07, 6.45) is 4.17. The Balaban J connectivity index is 1.56. The minimum Gasteiger partial charge on any atom is -0.379 e. The van der Waals surface area contributed by atoms with Crippen molar-refractivity contribution in [1.29, 1.82) is 0 Å². The van der Waals surface area contributed by atoms with Crippen LogP contribution in [0.25, 0.3) is 11.4 Å². The first-order valence-electron chi connectivity index (χ1n) is 9.28. The normalized spacial score (nSPS) is 14.5. The molecule has 0 aliphatic heterocycles. The van der Waals surface area contributed by atoms with Gasteiger partial charge in [0, 0.05) is 32.3 Å². The molecule has 1 aliphatic carbocycles. The third-order valence-electron chi connectivity index (χ3n) is 4.34. The molecule has 26 heavy (non-hydrogen) atoms. The van der Waals surface area contributed by atoms with Crippen molar-refractivity contribution in [3.63, 3.8) is 0 Å². The van der Waals surface area contributed by atoms with Crippen molar-refractivity contribution in [2.24, 2.45) is 10.9 Å². The molecule has 1 saturated carbocycles. The lowest BCUT2D eigenvalue weighted by Crippen LogP contribution is -2.40. The first-order chi connectivity index (χ1) is 12.8. The Kier molecular flexibility index (Phi) is 6.60. The molecule has 0 radical (unpaired) electrons. The van der Waals surface area contributed by atoms with Gasteiger partial charge >= 0.3 is 0 Å². The summed E-state index contributed by atoms with van der Waals surface area (Å²) in [5.41, 5.74) is 2.15. The lowest BCUT2D eigenvalue weighted by Gasteiger charge is -2.22. The van der Waals surface area contributed by atoms with Crippen molar-refractivity contribution in [2.75, 3.05) is 33.4 Å². The quantitative estimate of drug-likeness (QED) is 0.409. The van der Waals surface area contributed by atoms with Crippen LogP contribution in [0.4, 0.5) is 0 Å². The summed E-state index contributed by atoms with van der Waals surface area (Å²) in [7, 11) is 2.05. The van der Waals surface area contributed by atoms with E-state index in [-0.39, 0.29) is 0 Å². The van der Waals surface area contributed by atoms with Crippen LogP contribution in [0.5, 0.6) is 0 Å². The molecule has 2 N–H and O–H groups in total. The fraction of sp³-hybridized carbons (Fsp3) is 0.526. The molecule has 1 fully saturated rings. The maximum atomic E-state index is 5.74. The molecule has 0 amide bonds. The highest BCUT2D eigenvalue weighted by Gasteiger charge is 2.21. The maximum absolute atomic E-state index is 5.74. The fourth-order valence-electron chi connectivity index (χ4n) is 2.64. The molecule has 3 rings (SSSR count). The van der Waals surface area contributed by atoms with E-state index in [1.54, 1.807) is 0 Å². The second-order valence-electron chi connectivity index (χ2n) is 6.64. The van der Waals surface area contributed by atoms with Gasteiger partial charge in [0.05, 0.1) is 13.2 Å². The molecule has 1 heterocycles. The summed E-state index contributed by atoms with van der Waals surface area (Å²) in [6.45, 7) is 5.99. The second kappa shape index (κ2) is 9.33. The number of H-pyrrole nitrogens is 1. The van der Waals surface area contributed by atoms with Crippen molar-refractivity contribution >= 4 is 5.96 Å². The lowest BCUT2D eigenvalue weighted by atomic mass is 10.1. The molecule has 0 saturated heterocycles. The number of nitrogens with zero attached hydrogens (tertiary/aromatic N) is 4. The SMILES string of the molecule is CCNC(=NCc1cccc(-c2ncn[nH]2)c1)N(C)CCOCC1CC1. The van der Waals surface area contributed by atoms with Crippen LogP contribution in [0.15, 0.2) is 35.6 Å². The zero-order valence-corrected chi connectivity index (χ0v) is 15.6. The molecule has 140 valence electrons. The van der Waals surface area contributed by atoms with Crippen LogP contribution in [-0.4, -0.2) is 59.4 Å². The van der Waals surface area contributed by atoms with Gasteiger partial charge in [-0.2, -0.15) is 5.10 Å². The van der Waals surface area contributed by atoms with Crippen LogP contribution in [0.1, 0.15) is 25.3 Å². The molecular weight excluding hydrogens is 328 g/mol. The van der Waals surface area contributed by atoms with E-state index in [4.69, 9.17) is 9.73 Å². The van der Waals surface area contributed by atoms with E-state index in [0.29, 0.717) is 6.54 Å². The Hall–Kier alpha value is -2.41. The van der Waals surface area contributed by atoms with Gasteiger partial charge in [0.1, 0.15) is 6.33 Å². The van der Waals surface area contributed by atoms with Gasteiger partial charge in [-0.3, -0.25) is 5.10 Å². The zero-order chi connectivity index (χ0) is 18.2. The number of aromatic nitrogens is 3. The fourth-order valence-corrected chi connectivity index (χ4v) is 2.64. The highest BCUT2D eigenvalue weighted by Crippen LogP contribution is 2.28. The summed E-state index contributed by atoms with van der Waals surface area (Å²) in [5.74, 6) is 2.47. The highest BCUT2D eigenvalue weighted by atomic mass is 16.5.